The van der Waals surface area contributed by atoms with Gasteiger partial charge in [0, 0.05) is 18.4 Å². The van der Waals surface area contributed by atoms with Gasteiger partial charge in [-0.15, -0.1) is 0 Å². The standard InChI is InChI=1S/C11H19N3/c1-9(8-11(2,3)4)14-10-12-6-5-7-13-10/h5-7,9H,8H2,1-4H3,(H,12,13,14). The number of hydrogen-bond donors (Lipinski definition) is 1. The molecule has 0 aliphatic rings. The molecule has 0 amide bonds. The van der Waals surface area contributed by atoms with Gasteiger partial charge in [-0.1, -0.05) is 20.8 Å². The molecule has 0 radical (unpaired) electrons. The molecule has 1 rings (SSSR count). The van der Waals surface area contributed by atoms with Gasteiger partial charge in [0.1, 0.15) is 0 Å². The molecule has 1 N–H and O–H groups in total. The van der Waals surface area contributed by atoms with Crippen LogP contribution in [0.3, 0.4) is 0 Å². The molecule has 0 saturated heterocycles. The molecule has 3 heteroatoms. The van der Waals surface area contributed by atoms with Crippen molar-refractivity contribution in [2.75, 3.05) is 5.32 Å². The number of nitrogens with zero attached hydrogens (tertiary/aromatic N) is 2. The normalized spacial score (nSPS) is 13.7. The second-order valence-electron chi connectivity index (χ2n) is 4.88. The van der Waals surface area contributed by atoms with Gasteiger partial charge in [-0.05, 0) is 24.8 Å². The Kier molecular flexibility index (Phi) is 3.44. The van der Waals surface area contributed by atoms with Gasteiger partial charge in [-0.3, -0.25) is 0 Å². The first kappa shape index (κ1) is 11.0. The van der Waals surface area contributed by atoms with Gasteiger partial charge in [-0.25, -0.2) is 9.97 Å². The van der Waals surface area contributed by atoms with Crippen molar-refractivity contribution in [1.82, 2.24) is 9.97 Å². The molecule has 1 heterocycles. The second kappa shape index (κ2) is 4.40. The highest BCUT2D eigenvalue weighted by Crippen LogP contribution is 2.21. The molecule has 0 aliphatic carbocycles. The Hall–Kier alpha value is -1.12. The molecule has 0 spiro atoms. The van der Waals surface area contributed by atoms with E-state index in [0.717, 1.165) is 6.42 Å². The Morgan fingerprint density at radius 1 is 1.29 bits per heavy atom. The molecule has 0 fully saturated rings. The van der Waals surface area contributed by atoms with Crippen LogP contribution in [0.1, 0.15) is 34.1 Å². The van der Waals surface area contributed by atoms with Crippen LogP contribution in [-0.2, 0) is 0 Å². The summed E-state index contributed by atoms with van der Waals surface area (Å²) in [5.41, 5.74) is 0.335. The van der Waals surface area contributed by atoms with Crippen LogP contribution in [0.4, 0.5) is 5.95 Å². The van der Waals surface area contributed by atoms with Crippen molar-refractivity contribution in [1.29, 1.82) is 0 Å². The summed E-state index contributed by atoms with van der Waals surface area (Å²) in [7, 11) is 0. The average molecular weight is 193 g/mol. The Labute approximate surface area is 86.0 Å². The average Bonchev–Trinajstić information content (AvgIpc) is 2.02. The summed E-state index contributed by atoms with van der Waals surface area (Å²) in [6.45, 7) is 8.85. The Balaban J connectivity index is 2.46. The summed E-state index contributed by atoms with van der Waals surface area (Å²) in [6.07, 6.45) is 4.60. The van der Waals surface area contributed by atoms with Crippen molar-refractivity contribution in [3.05, 3.63) is 18.5 Å². The van der Waals surface area contributed by atoms with Gasteiger partial charge in [0.15, 0.2) is 0 Å². The van der Waals surface area contributed by atoms with Crippen molar-refractivity contribution >= 4 is 5.95 Å². The summed E-state index contributed by atoms with van der Waals surface area (Å²) in [5, 5.41) is 3.28. The molecule has 1 atom stereocenters. The summed E-state index contributed by atoms with van der Waals surface area (Å²) in [5.74, 6) is 0.712. The summed E-state index contributed by atoms with van der Waals surface area (Å²) in [6, 6.07) is 2.22. The molecule has 14 heavy (non-hydrogen) atoms. The van der Waals surface area contributed by atoms with Gasteiger partial charge >= 0.3 is 0 Å². The third-order valence-corrected chi connectivity index (χ3v) is 1.86. The first-order chi connectivity index (χ1) is 6.47. The number of anilines is 1. The molecule has 0 saturated carbocycles. The van der Waals surface area contributed by atoms with Crippen LogP contribution in [0, 0.1) is 5.41 Å². The van der Waals surface area contributed by atoms with Crippen LogP contribution in [-0.4, -0.2) is 16.0 Å². The van der Waals surface area contributed by atoms with Crippen molar-refractivity contribution in [3.63, 3.8) is 0 Å². The SMILES string of the molecule is CC(CC(C)(C)C)Nc1ncccn1. The van der Waals surface area contributed by atoms with E-state index >= 15 is 0 Å². The van der Waals surface area contributed by atoms with Crippen LogP contribution in [0.25, 0.3) is 0 Å². The van der Waals surface area contributed by atoms with Gasteiger partial charge in [0.25, 0.3) is 0 Å². The van der Waals surface area contributed by atoms with Gasteiger partial charge in [0.05, 0.1) is 0 Å². The van der Waals surface area contributed by atoms with Crippen molar-refractivity contribution in [2.24, 2.45) is 5.41 Å². The first-order valence-electron chi connectivity index (χ1n) is 5.01. The molecular formula is C11H19N3. The highest BCUT2D eigenvalue weighted by Gasteiger charge is 2.15. The maximum Gasteiger partial charge on any atom is 0.222 e. The summed E-state index contributed by atoms with van der Waals surface area (Å²) in [4.78, 5) is 8.25. The van der Waals surface area contributed by atoms with E-state index in [4.69, 9.17) is 0 Å². The van der Waals surface area contributed by atoms with Crippen molar-refractivity contribution in [2.45, 2.75) is 40.2 Å². The first-order valence-corrected chi connectivity index (χ1v) is 5.01. The monoisotopic (exact) mass is 193 g/mol. The zero-order valence-electron chi connectivity index (χ0n) is 9.41. The number of rotatable bonds is 3. The van der Waals surface area contributed by atoms with Crippen LogP contribution >= 0.6 is 0 Å². The predicted molar refractivity (Wildman–Crippen MR) is 59.2 cm³/mol. The molecule has 1 aromatic heterocycles. The molecule has 1 unspecified atom stereocenters. The van der Waals surface area contributed by atoms with E-state index in [1.165, 1.54) is 0 Å². The summed E-state index contributed by atoms with van der Waals surface area (Å²) < 4.78 is 0. The lowest BCUT2D eigenvalue weighted by Crippen LogP contribution is -2.23. The lowest BCUT2D eigenvalue weighted by molar-refractivity contribution is 0.357. The Morgan fingerprint density at radius 3 is 2.36 bits per heavy atom. The maximum atomic E-state index is 4.13. The molecule has 1 aromatic rings. The second-order valence-corrected chi connectivity index (χ2v) is 4.88. The Bertz CT molecular complexity index is 264. The zero-order valence-corrected chi connectivity index (χ0v) is 9.41. The van der Waals surface area contributed by atoms with Crippen LogP contribution in [0.5, 0.6) is 0 Å². The topological polar surface area (TPSA) is 37.8 Å². The van der Waals surface area contributed by atoms with E-state index in [1.807, 2.05) is 6.07 Å². The minimum Gasteiger partial charge on any atom is -0.352 e. The highest BCUT2D eigenvalue weighted by atomic mass is 15.1. The molecular weight excluding hydrogens is 174 g/mol. The third kappa shape index (κ3) is 4.21. The maximum absolute atomic E-state index is 4.13. The fourth-order valence-corrected chi connectivity index (χ4v) is 1.56. The zero-order chi connectivity index (χ0) is 10.6. The number of nitrogens with one attached hydrogen (secondary N) is 1. The van der Waals surface area contributed by atoms with Crippen LogP contribution in [0.15, 0.2) is 18.5 Å². The fraction of sp³-hybridized carbons (Fsp3) is 0.636. The smallest absolute Gasteiger partial charge is 0.222 e. The number of aromatic nitrogens is 2. The van der Waals surface area contributed by atoms with Crippen molar-refractivity contribution < 1.29 is 0 Å². The largest absolute Gasteiger partial charge is 0.352 e. The molecule has 0 aromatic carbocycles. The molecule has 78 valence electrons. The molecule has 3 nitrogen and oxygen atoms in total. The van der Waals surface area contributed by atoms with Crippen LogP contribution in [0.2, 0.25) is 0 Å². The lowest BCUT2D eigenvalue weighted by atomic mass is 9.89. The van der Waals surface area contributed by atoms with E-state index in [0.29, 0.717) is 17.4 Å². The molecule has 0 bridgehead atoms. The van der Waals surface area contributed by atoms with E-state index in [2.05, 4.69) is 43.0 Å². The summed E-state index contributed by atoms with van der Waals surface area (Å²) >= 11 is 0. The lowest BCUT2D eigenvalue weighted by Gasteiger charge is -2.23. The van der Waals surface area contributed by atoms with Crippen LogP contribution < -0.4 is 5.32 Å². The minimum atomic E-state index is 0.335. The van der Waals surface area contributed by atoms with E-state index in [-0.39, 0.29) is 0 Å². The highest BCUT2D eigenvalue weighted by molar-refractivity contribution is 5.23. The van der Waals surface area contributed by atoms with Gasteiger partial charge in [-0.2, -0.15) is 0 Å². The molecule has 0 aliphatic heterocycles. The van der Waals surface area contributed by atoms with E-state index in [9.17, 15) is 0 Å². The van der Waals surface area contributed by atoms with E-state index in [1.54, 1.807) is 12.4 Å². The predicted octanol–water partition coefficient (Wildman–Crippen LogP) is 2.71. The Morgan fingerprint density at radius 2 is 1.86 bits per heavy atom. The number of hydrogen-bond acceptors (Lipinski definition) is 3. The fourth-order valence-electron chi connectivity index (χ4n) is 1.56. The van der Waals surface area contributed by atoms with Crippen molar-refractivity contribution in [3.8, 4) is 0 Å². The minimum absolute atomic E-state index is 0.335. The third-order valence-electron chi connectivity index (χ3n) is 1.86. The van der Waals surface area contributed by atoms with E-state index < -0.39 is 0 Å². The van der Waals surface area contributed by atoms with Gasteiger partial charge < -0.3 is 5.32 Å². The quantitative estimate of drug-likeness (QED) is 0.802. The van der Waals surface area contributed by atoms with Gasteiger partial charge in [0.2, 0.25) is 5.95 Å².